The van der Waals surface area contributed by atoms with Gasteiger partial charge in [0.1, 0.15) is 17.9 Å². The van der Waals surface area contributed by atoms with Crippen LogP contribution in [0.2, 0.25) is 0 Å². The van der Waals surface area contributed by atoms with Gasteiger partial charge in [-0.15, -0.1) is 0 Å². The number of unbranched alkanes of at least 4 members (excludes halogenated alkanes) is 4. The maximum atomic E-state index is 17.4. The van der Waals surface area contributed by atoms with Crippen molar-refractivity contribution in [1.82, 2.24) is 5.32 Å². The van der Waals surface area contributed by atoms with Crippen molar-refractivity contribution >= 4 is 28.6 Å². The van der Waals surface area contributed by atoms with Gasteiger partial charge in [0.2, 0.25) is 10.9 Å². The SMILES string of the molecule is C[C@@H]1C[C@H]2[C@@H]3C[C@H](F)C4=CC(=O)C=C[C@]4(C)[C@@]3(F)[C@@H](O)C[C@]2(C)[C@@]1(OC(=O)c1ccco1)C(=O)SCF.OCc1cc(C(O)CNCCCCCCOCCCCc2ccccc2)ccc1O. The summed E-state index contributed by atoms with van der Waals surface area (Å²) in [6, 6.07) is 17.2. The van der Waals surface area contributed by atoms with E-state index in [0.29, 0.717) is 29.4 Å². The molecule has 366 valence electrons. The molecule has 1 unspecified atom stereocenters. The molecule has 3 fully saturated rings. The number of esters is 1. The fourth-order valence-electron chi connectivity index (χ4n) is 11.3. The fraction of sp³-hybridized carbons (Fsp3) is 0.558. The molecule has 7 rings (SSSR count). The van der Waals surface area contributed by atoms with E-state index in [1.165, 1.54) is 55.5 Å². The summed E-state index contributed by atoms with van der Waals surface area (Å²) in [5.74, 6) is -3.92. The molecule has 15 heteroatoms. The van der Waals surface area contributed by atoms with Crippen LogP contribution in [-0.4, -0.2) is 93.1 Å². The number of furan rings is 1. The molecule has 0 amide bonds. The predicted octanol–water partition coefficient (Wildman–Crippen LogP) is 9.03. The Balaban J connectivity index is 0.000000227. The molecule has 3 aromatic rings. The zero-order chi connectivity index (χ0) is 48.4. The van der Waals surface area contributed by atoms with E-state index in [-0.39, 0.29) is 43.0 Å². The van der Waals surface area contributed by atoms with Crippen molar-refractivity contribution in [2.75, 3.05) is 32.3 Å². The number of carbonyl (C=O) groups is 3. The Hall–Kier alpha value is -4.25. The van der Waals surface area contributed by atoms with Crippen LogP contribution in [0.4, 0.5) is 13.2 Å². The second kappa shape index (κ2) is 22.9. The molecule has 0 saturated heterocycles. The number of ether oxygens (including phenoxy) is 2. The number of alkyl halides is 3. The van der Waals surface area contributed by atoms with Crippen molar-refractivity contribution in [3.05, 3.63) is 113 Å². The van der Waals surface area contributed by atoms with Gasteiger partial charge in [0, 0.05) is 48.0 Å². The number of rotatable bonds is 20. The van der Waals surface area contributed by atoms with Gasteiger partial charge in [-0.05, 0) is 136 Å². The van der Waals surface area contributed by atoms with Crippen molar-refractivity contribution in [2.45, 2.75) is 121 Å². The number of ketones is 1. The Bertz CT molecular complexity index is 2190. The van der Waals surface area contributed by atoms with Gasteiger partial charge in [-0.1, -0.05) is 69.2 Å². The Kier molecular flexibility index (Phi) is 17.8. The molecule has 0 bridgehead atoms. The summed E-state index contributed by atoms with van der Waals surface area (Å²) >= 11 is 0.352. The average molecular weight is 954 g/mol. The minimum atomic E-state index is -2.35. The van der Waals surface area contributed by atoms with Gasteiger partial charge >= 0.3 is 5.97 Å². The Labute approximate surface area is 395 Å². The van der Waals surface area contributed by atoms with Gasteiger partial charge in [0.15, 0.2) is 17.1 Å². The number of thioether (sulfide) groups is 1. The molecule has 4 aliphatic rings. The number of nitrogens with one attached hydrogen (secondary N) is 1. The number of aliphatic hydroxyl groups excluding tert-OH is 3. The maximum absolute atomic E-state index is 17.4. The van der Waals surface area contributed by atoms with Gasteiger partial charge in [0.05, 0.1) is 25.1 Å². The van der Waals surface area contributed by atoms with Crippen LogP contribution >= 0.6 is 11.8 Å². The van der Waals surface area contributed by atoms with E-state index in [1.54, 1.807) is 26.0 Å². The highest BCUT2D eigenvalue weighted by atomic mass is 32.2. The lowest BCUT2D eigenvalue weighted by Gasteiger charge is -2.63. The highest BCUT2D eigenvalue weighted by Crippen LogP contribution is 2.72. The van der Waals surface area contributed by atoms with Crippen LogP contribution in [0.25, 0.3) is 0 Å². The lowest BCUT2D eigenvalue weighted by Crippen LogP contribution is -2.70. The molecule has 10 atom stereocenters. The highest BCUT2D eigenvalue weighted by Gasteiger charge is 2.78. The van der Waals surface area contributed by atoms with E-state index >= 15 is 8.78 Å². The van der Waals surface area contributed by atoms with Crippen molar-refractivity contribution in [1.29, 1.82) is 0 Å². The molecule has 0 radical (unpaired) electrons. The second-order valence-corrected chi connectivity index (χ2v) is 19.8. The van der Waals surface area contributed by atoms with Crippen LogP contribution in [0.15, 0.2) is 95.1 Å². The first kappa shape index (κ1) is 52.1. The number of fused-ring (bicyclic) bond motifs is 5. The van der Waals surface area contributed by atoms with Crippen molar-refractivity contribution in [2.24, 2.45) is 28.6 Å². The monoisotopic (exact) mass is 953 g/mol. The Morgan fingerprint density at radius 3 is 2.42 bits per heavy atom. The van der Waals surface area contributed by atoms with Crippen molar-refractivity contribution in [3.8, 4) is 5.75 Å². The van der Waals surface area contributed by atoms with Gasteiger partial charge in [-0.2, -0.15) is 0 Å². The molecule has 1 heterocycles. The minimum Gasteiger partial charge on any atom is -0.508 e. The summed E-state index contributed by atoms with van der Waals surface area (Å²) in [6.45, 7) is 7.56. The molecule has 2 aromatic carbocycles. The zero-order valence-electron chi connectivity index (χ0n) is 38.6. The summed E-state index contributed by atoms with van der Waals surface area (Å²) in [6.07, 6.45) is 8.39. The maximum Gasteiger partial charge on any atom is 0.375 e. The molecule has 67 heavy (non-hydrogen) atoms. The van der Waals surface area contributed by atoms with E-state index in [4.69, 9.17) is 13.9 Å². The largest absolute Gasteiger partial charge is 0.508 e. The molecule has 3 saturated carbocycles. The summed E-state index contributed by atoms with van der Waals surface area (Å²) < 4.78 is 63.2. The Morgan fingerprint density at radius 1 is 0.985 bits per heavy atom. The molecule has 5 N–H and O–H groups in total. The van der Waals surface area contributed by atoms with Crippen molar-refractivity contribution in [3.63, 3.8) is 0 Å². The van der Waals surface area contributed by atoms with Gasteiger partial charge in [-0.3, -0.25) is 9.59 Å². The summed E-state index contributed by atoms with van der Waals surface area (Å²) in [5, 5.41) is 43.0. The molecule has 0 aliphatic heterocycles. The number of hydrogen-bond acceptors (Lipinski definition) is 12. The molecule has 4 aliphatic carbocycles. The van der Waals surface area contributed by atoms with E-state index < -0.39 is 81.1 Å². The quantitative estimate of drug-likeness (QED) is 0.0538. The van der Waals surface area contributed by atoms with Gasteiger partial charge < -0.3 is 39.6 Å². The number of halogens is 3. The van der Waals surface area contributed by atoms with Crippen LogP contribution in [0.1, 0.15) is 112 Å². The topological polar surface area (TPSA) is 176 Å². The first-order valence-corrected chi connectivity index (χ1v) is 24.4. The first-order chi connectivity index (χ1) is 32.1. The van der Waals surface area contributed by atoms with E-state index in [9.17, 15) is 39.2 Å². The normalized spacial score (nSPS) is 30.0. The van der Waals surface area contributed by atoms with Crippen LogP contribution in [0.5, 0.6) is 5.75 Å². The predicted molar refractivity (Wildman–Crippen MR) is 249 cm³/mol. The van der Waals surface area contributed by atoms with Gasteiger partial charge in [0.25, 0.3) is 0 Å². The lowest BCUT2D eigenvalue weighted by molar-refractivity contribution is -0.221. The summed E-state index contributed by atoms with van der Waals surface area (Å²) in [5.41, 5.74) is -4.65. The van der Waals surface area contributed by atoms with E-state index in [1.807, 2.05) is 0 Å². The highest BCUT2D eigenvalue weighted by molar-refractivity contribution is 8.13. The van der Waals surface area contributed by atoms with Crippen LogP contribution in [0.3, 0.4) is 0 Å². The number of benzene rings is 2. The third kappa shape index (κ3) is 10.8. The molecule has 11 nitrogen and oxygen atoms in total. The lowest BCUT2D eigenvalue weighted by atomic mass is 9.44. The van der Waals surface area contributed by atoms with Crippen LogP contribution in [0, 0.1) is 28.6 Å². The van der Waals surface area contributed by atoms with Crippen LogP contribution in [-0.2, 0) is 32.1 Å². The zero-order valence-corrected chi connectivity index (χ0v) is 39.5. The first-order valence-electron chi connectivity index (χ1n) is 23.5. The molecule has 1 aromatic heterocycles. The minimum absolute atomic E-state index is 0.00739. The van der Waals surface area contributed by atoms with E-state index in [2.05, 4.69) is 35.6 Å². The second-order valence-electron chi connectivity index (χ2n) is 18.9. The van der Waals surface area contributed by atoms with Gasteiger partial charge in [-0.25, -0.2) is 18.0 Å². The fourth-order valence-corrected chi connectivity index (χ4v) is 12.1. The molecule has 0 spiro atoms. The Morgan fingerprint density at radius 2 is 1.72 bits per heavy atom. The third-order valence-electron chi connectivity index (χ3n) is 14.9. The number of phenols is 1. The van der Waals surface area contributed by atoms with E-state index in [0.717, 1.165) is 64.4 Å². The number of aliphatic hydroxyl groups is 3. The summed E-state index contributed by atoms with van der Waals surface area (Å²) in [4.78, 5) is 38.7. The number of aryl methyl sites for hydroxylation is 1. The number of allylic oxidation sites excluding steroid dienone is 4. The molecular weight excluding hydrogens is 888 g/mol. The smallest absolute Gasteiger partial charge is 0.375 e. The number of carbonyl (C=O) groups excluding carboxylic acids is 3. The number of aromatic hydroxyl groups is 1. The third-order valence-corrected chi connectivity index (χ3v) is 15.5. The van der Waals surface area contributed by atoms with Crippen molar-refractivity contribution < 1.29 is 61.9 Å². The standard InChI is InChI=1S/C27H29F3O6S.C25H37NO4/c1-14-9-16-17-11-19(29)18-10-15(31)6-7-24(18,2)26(17,30)21(32)12-25(16,3)27(14,23(34)37-13-28)36-22(33)20-5-4-8-35-20;27-20-23-18-22(13-14-24(23)28)25(29)19-26-15-7-1-2-8-16-30-17-9-6-12-21-10-4-3-5-11-21/h4-8,10,14,16-17,19,21,32H,9,11-13H2,1-3H3;3-5,10-11,13-14,18,25-29H,1-2,6-9,12,15-17,19-20H2/t14-,16+,17+,19+,21+,24+,25+,26+,27+;/m1./s1. The molecular formula is C52H66F3NO10S. The summed E-state index contributed by atoms with van der Waals surface area (Å²) in [7, 11) is 0. The van der Waals surface area contributed by atoms with Crippen LogP contribution < -0.4 is 5.32 Å². The number of hydrogen-bond donors (Lipinski definition) is 5. The average Bonchev–Trinajstić information content (AvgIpc) is 3.93.